The first-order valence-corrected chi connectivity index (χ1v) is 7.97. The maximum absolute atomic E-state index is 12.4. The van der Waals surface area contributed by atoms with Crippen LogP contribution in [0.2, 0.25) is 5.02 Å². The lowest BCUT2D eigenvalue weighted by Gasteiger charge is -2.27. The molecule has 0 fully saturated rings. The highest BCUT2D eigenvalue weighted by molar-refractivity contribution is 6.32. The van der Waals surface area contributed by atoms with Gasteiger partial charge in [0.25, 0.3) is 0 Å². The number of nitrogens with zero attached hydrogens (tertiary/aromatic N) is 1. The fourth-order valence-corrected chi connectivity index (χ4v) is 2.82. The van der Waals surface area contributed by atoms with E-state index in [0.717, 1.165) is 12.1 Å². The SMILES string of the molecule is CCOC(=O)C1=C(C)OC(N)=C(C#N)C1c1ccc(OC(F)(F)F)c(Cl)c1. The maximum Gasteiger partial charge on any atom is 0.573 e. The summed E-state index contributed by atoms with van der Waals surface area (Å²) in [6.45, 7) is 3.13. The van der Waals surface area contributed by atoms with E-state index in [9.17, 15) is 23.2 Å². The number of ether oxygens (including phenoxy) is 3. The smallest absolute Gasteiger partial charge is 0.463 e. The molecule has 1 unspecified atom stereocenters. The average molecular weight is 403 g/mol. The van der Waals surface area contributed by atoms with Crippen LogP contribution in [0.4, 0.5) is 13.2 Å². The minimum Gasteiger partial charge on any atom is -0.463 e. The standard InChI is InChI=1S/C17H14ClF3N2O4/c1-3-25-16(24)13-8(2)26-15(23)10(7-22)14(13)9-4-5-12(11(18)6-9)27-17(19,20)21/h4-6,14H,3,23H2,1-2H3. The number of carbonyl (C=O) groups excluding carboxylic acids is 1. The van der Waals surface area contributed by atoms with E-state index in [1.54, 1.807) is 6.92 Å². The summed E-state index contributed by atoms with van der Waals surface area (Å²) in [5, 5.41) is 9.08. The van der Waals surface area contributed by atoms with Crippen LogP contribution in [0.15, 0.2) is 41.0 Å². The Morgan fingerprint density at radius 3 is 2.63 bits per heavy atom. The van der Waals surface area contributed by atoms with Gasteiger partial charge in [0, 0.05) is 0 Å². The Morgan fingerprint density at radius 1 is 1.44 bits per heavy atom. The molecule has 1 aromatic carbocycles. The van der Waals surface area contributed by atoms with Crippen molar-refractivity contribution in [1.29, 1.82) is 5.26 Å². The Labute approximate surface area is 157 Å². The number of alkyl halides is 3. The molecule has 0 aromatic heterocycles. The van der Waals surface area contributed by atoms with E-state index in [-0.39, 0.29) is 40.0 Å². The van der Waals surface area contributed by atoms with Crippen LogP contribution < -0.4 is 10.5 Å². The van der Waals surface area contributed by atoms with Crippen LogP contribution in [0.25, 0.3) is 0 Å². The predicted octanol–water partition coefficient (Wildman–Crippen LogP) is 3.88. The minimum absolute atomic E-state index is 0.00292. The second-order valence-electron chi connectivity index (χ2n) is 5.35. The zero-order valence-corrected chi connectivity index (χ0v) is 14.9. The molecule has 1 aromatic rings. The second-order valence-corrected chi connectivity index (χ2v) is 5.76. The summed E-state index contributed by atoms with van der Waals surface area (Å²) in [5.74, 6) is -2.48. The molecule has 0 radical (unpaired) electrons. The van der Waals surface area contributed by atoms with E-state index in [2.05, 4.69) is 4.74 Å². The van der Waals surface area contributed by atoms with E-state index in [0.29, 0.717) is 0 Å². The van der Waals surface area contributed by atoms with Gasteiger partial charge in [-0.05, 0) is 31.5 Å². The van der Waals surface area contributed by atoms with E-state index >= 15 is 0 Å². The molecule has 0 saturated heterocycles. The summed E-state index contributed by atoms with van der Waals surface area (Å²) < 4.78 is 51.3. The Morgan fingerprint density at radius 2 is 2.11 bits per heavy atom. The van der Waals surface area contributed by atoms with Gasteiger partial charge in [0.05, 0.1) is 23.1 Å². The van der Waals surface area contributed by atoms with Crippen molar-refractivity contribution in [3.63, 3.8) is 0 Å². The zero-order chi connectivity index (χ0) is 20.4. The second kappa shape index (κ2) is 7.80. The molecule has 144 valence electrons. The van der Waals surface area contributed by atoms with Crippen molar-refractivity contribution >= 4 is 17.6 Å². The normalized spacial score (nSPS) is 17.3. The molecule has 1 aliphatic rings. The van der Waals surface area contributed by atoms with Gasteiger partial charge < -0.3 is 19.9 Å². The third-order valence-corrected chi connectivity index (χ3v) is 3.91. The molecule has 2 rings (SSSR count). The van der Waals surface area contributed by atoms with Crippen LogP contribution >= 0.6 is 11.6 Å². The fraction of sp³-hybridized carbons (Fsp3) is 0.294. The molecule has 0 amide bonds. The van der Waals surface area contributed by atoms with Gasteiger partial charge in [0.15, 0.2) is 0 Å². The molecule has 27 heavy (non-hydrogen) atoms. The van der Waals surface area contributed by atoms with E-state index in [1.807, 2.05) is 6.07 Å². The van der Waals surface area contributed by atoms with Crippen LogP contribution in [0.5, 0.6) is 5.75 Å². The van der Waals surface area contributed by atoms with Gasteiger partial charge in [0.1, 0.15) is 23.2 Å². The number of allylic oxidation sites excluding steroid dienone is 2. The number of halogens is 4. The molecule has 0 saturated carbocycles. The lowest BCUT2D eigenvalue weighted by atomic mass is 9.83. The molecule has 10 heteroatoms. The first kappa shape index (κ1) is 20.5. The molecule has 0 aliphatic carbocycles. The van der Waals surface area contributed by atoms with E-state index in [1.165, 1.54) is 13.0 Å². The van der Waals surface area contributed by atoms with Gasteiger partial charge in [-0.1, -0.05) is 17.7 Å². The summed E-state index contributed by atoms with van der Waals surface area (Å²) in [7, 11) is 0. The highest BCUT2D eigenvalue weighted by atomic mass is 35.5. The predicted molar refractivity (Wildman–Crippen MR) is 88.1 cm³/mol. The fourth-order valence-electron chi connectivity index (χ4n) is 2.59. The van der Waals surface area contributed by atoms with Crippen molar-refractivity contribution in [3.05, 3.63) is 51.6 Å². The number of benzene rings is 1. The number of rotatable bonds is 4. The molecule has 1 heterocycles. The first-order chi connectivity index (χ1) is 12.6. The lowest BCUT2D eigenvalue weighted by Crippen LogP contribution is -2.25. The molecule has 0 bridgehead atoms. The Balaban J connectivity index is 2.56. The molecule has 0 spiro atoms. The van der Waals surface area contributed by atoms with Crippen LogP contribution in [0.1, 0.15) is 25.3 Å². The largest absolute Gasteiger partial charge is 0.573 e. The maximum atomic E-state index is 12.4. The number of nitrogens with two attached hydrogens (primary N) is 1. The van der Waals surface area contributed by atoms with Gasteiger partial charge in [-0.2, -0.15) is 5.26 Å². The van der Waals surface area contributed by atoms with Gasteiger partial charge in [-0.25, -0.2) is 4.79 Å². The number of hydrogen-bond acceptors (Lipinski definition) is 6. The molecular formula is C17H14ClF3N2O4. The van der Waals surface area contributed by atoms with Crippen molar-refractivity contribution < 1.29 is 32.2 Å². The van der Waals surface area contributed by atoms with E-state index in [4.69, 9.17) is 26.8 Å². The highest BCUT2D eigenvalue weighted by Gasteiger charge is 2.37. The quantitative estimate of drug-likeness (QED) is 0.768. The van der Waals surface area contributed by atoms with Crippen molar-refractivity contribution in [1.82, 2.24) is 0 Å². The Kier molecular flexibility index (Phi) is 5.91. The molecule has 2 N–H and O–H groups in total. The van der Waals surface area contributed by atoms with Crippen LogP contribution in [-0.4, -0.2) is 18.9 Å². The zero-order valence-electron chi connectivity index (χ0n) is 14.2. The Hall–Kier alpha value is -2.86. The third kappa shape index (κ3) is 4.46. The number of carbonyl (C=O) groups is 1. The van der Waals surface area contributed by atoms with Gasteiger partial charge in [-0.3, -0.25) is 0 Å². The van der Waals surface area contributed by atoms with Crippen LogP contribution in [0, 0.1) is 11.3 Å². The summed E-state index contributed by atoms with van der Waals surface area (Å²) in [6, 6.07) is 5.26. The highest BCUT2D eigenvalue weighted by Crippen LogP contribution is 2.42. The number of hydrogen-bond donors (Lipinski definition) is 1. The summed E-state index contributed by atoms with van der Waals surface area (Å²) in [6.07, 6.45) is -4.92. The average Bonchev–Trinajstić information content (AvgIpc) is 2.55. The minimum atomic E-state index is -4.92. The summed E-state index contributed by atoms with van der Waals surface area (Å²) in [5.41, 5.74) is 5.90. The molecule has 6 nitrogen and oxygen atoms in total. The molecule has 1 atom stereocenters. The van der Waals surface area contributed by atoms with Crippen LogP contribution in [-0.2, 0) is 14.3 Å². The molecule has 1 aliphatic heterocycles. The number of nitriles is 1. The van der Waals surface area contributed by atoms with E-state index < -0.39 is 24.0 Å². The molecular weight excluding hydrogens is 389 g/mol. The van der Waals surface area contributed by atoms with Crippen molar-refractivity contribution in [2.45, 2.75) is 26.1 Å². The van der Waals surface area contributed by atoms with Gasteiger partial charge in [-0.15, -0.1) is 13.2 Å². The summed E-state index contributed by atoms with van der Waals surface area (Å²) >= 11 is 5.89. The van der Waals surface area contributed by atoms with Crippen molar-refractivity contribution in [2.75, 3.05) is 6.61 Å². The first-order valence-electron chi connectivity index (χ1n) is 7.59. The summed E-state index contributed by atoms with van der Waals surface area (Å²) in [4.78, 5) is 12.4. The van der Waals surface area contributed by atoms with Gasteiger partial charge >= 0.3 is 12.3 Å². The monoisotopic (exact) mass is 402 g/mol. The lowest BCUT2D eigenvalue weighted by molar-refractivity contribution is -0.274. The third-order valence-electron chi connectivity index (χ3n) is 3.62. The topological polar surface area (TPSA) is 94.6 Å². The van der Waals surface area contributed by atoms with Gasteiger partial charge in [0.2, 0.25) is 5.88 Å². The number of esters is 1. The van der Waals surface area contributed by atoms with Crippen molar-refractivity contribution in [3.8, 4) is 11.8 Å². The Bertz CT molecular complexity index is 872. The van der Waals surface area contributed by atoms with Crippen LogP contribution in [0.3, 0.4) is 0 Å². The van der Waals surface area contributed by atoms with Crippen molar-refractivity contribution in [2.24, 2.45) is 5.73 Å².